The molecule has 0 saturated carbocycles. The first kappa shape index (κ1) is 17.8. The zero-order valence-corrected chi connectivity index (χ0v) is 15.4. The Kier molecular flexibility index (Phi) is 7.02. The molecule has 3 heterocycles. The van der Waals surface area contributed by atoms with Crippen molar-refractivity contribution >= 4 is 17.7 Å². The highest BCUT2D eigenvalue weighted by atomic mass is 32.2. The van der Waals surface area contributed by atoms with Gasteiger partial charge in [0.1, 0.15) is 0 Å². The van der Waals surface area contributed by atoms with Crippen LogP contribution >= 0.6 is 11.8 Å². The average molecular weight is 351 g/mol. The molecule has 0 aliphatic carbocycles. The number of aromatic nitrogens is 2. The van der Waals surface area contributed by atoms with Gasteiger partial charge in [0.05, 0.1) is 12.1 Å². The highest BCUT2D eigenvalue weighted by Gasteiger charge is 2.26. The third-order valence-corrected chi connectivity index (χ3v) is 6.13. The zero-order valence-electron chi connectivity index (χ0n) is 14.6. The number of thioether (sulfide) groups is 1. The summed E-state index contributed by atoms with van der Waals surface area (Å²) >= 11 is 1.81. The molecule has 5 nitrogen and oxygen atoms in total. The average Bonchev–Trinajstić information content (AvgIpc) is 3.30. The largest absolute Gasteiger partial charge is 0.339 e. The molecule has 0 N–H and O–H groups in total. The summed E-state index contributed by atoms with van der Waals surface area (Å²) in [7, 11) is 0. The van der Waals surface area contributed by atoms with Gasteiger partial charge in [0.15, 0.2) is 0 Å². The van der Waals surface area contributed by atoms with Crippen molar-refractivity contribution in [3.8, 4) is 0 Å². The molecule has 1 amide bonds. The van der Waals surface area contributed by atoms with Crippen LogP contribution < -0.4 is 0 Å². The second-order valence-corrected chi connectivity index (χ2v) is 8.03. The first-order valence-corrected chi connectivity index (χ1v) is 10.5. The van der Waals surface area contributed by atoms with E-state index < -0.39 is 0 Å². The third kappa shape index (κ3) is 5.24. The van der Waals surface area contributed by atoms with Crippen LogP contribution in [0.25, 0.3) is 0 Å². The molecule has 134 valence electrons. The maximum Gasteiger partial charge on any atom is 0.232 e. The van der Waals surface area contributed by atoms with Crippen molar-refractivity contribution in [1.29, 1.82) is 0 Å². The highest BCUT2D eigenvalue weighted by molar-refractivity contribution is 7.99. The van der Waals surface area contributed by atoms with Gasteiger partial charge in [0.2, 0.25) is 5.91 Å². The lowest BCUT2D eigenvalue weighted by molar-refractivity contribution is -0.132. The molecule has 0 aromatic carbocycles. The topological polar surface area (TPSA) is 41.4 Å². The molecule has 6 heteroatoms. The number of imidazole rings is 1. The van der Waals surface area contributed by atoms with E-state index in [1.54, 1.807) is 0 Å². The molecule has 0 bridgehead atoms. The standard InChI is InChI=1S/C18H30N4OS/c23-18(15-24-14-13-20-8-3-4-9-20)22-10-2-1-5-17(22)6-11-21-12-7-19-16-21/h7,12,16-17H,1-6,8-11,13-15H2. The Balaban J connectivity index is 1.39. The molecular formula is C18H30N4OS. The summed E-state index contributed by atoms with van der Waals surface area (Å²) in [5.74, 6) is 2.08. The van der Waals surface area contributed by atoms with Crippen LogP contribution in [0.15, 0.2) is 18.7 Å². The molecule has 2 aliphatic heterocycles. The molecule has 2 fully saturated rings. The fourth-order valence-electron chi connectivity index (χ4n) is 3.79. The molecule has 24 heavy (non-hydrogen) atoms. The Morgan fingerprint density at radius 3 is 2.75 bits per heavy atom. The SMILES string of the molecule is O=C(CSCCN1CCCC1)N1CCCCC1CCn1ccnc1. The predicted molar refractivity (Wildman–Crippen MR) is 99.2 cm³/mol. The Morgan fingerprint density at radius 2 is 1.96 bits per heavy atom. The minimum atomic E-state index is 0.344. The quantitative estimate of drug-likeness (QED) is 0.676. The van der Waals surface area contributed by atoms with Gasteiger partial charge in [-0.1, -0.05) is 0 Å². The van der Waals surface area contributed by atoms with Gasteiger partial charge in [0, 0.05) is 43.8 Å². The van der Waals surface area contributed by atoms with Gasteiger partial charge in [-0.05, 0) is 51.6 Å². The first-order chi connectivity index (χ1) is 11.8. The van der Waals surface area contributed by atoms with Crippen LogP contribution in [-0.2, 0) is 11.3 Å². The Labute approximate surface area is 149 Å². The molecule has 1 atom stereocenters. The number of carbonyl (C=O) groups excluding carboxylic acids is 1. The van der Waals surface area contributed by atoms with E-state index in [1.807, 2.05) is 30.5 Å². The van der Waals surface area contributed by atoms with Crippen molar-refractivity contribution in [3.63, 3.8) is 0 Å². The lowest BCUT2D eigenvalue weighted by Crippen LogP contribution is -2.45. The van der Waals surface area contributed by atoms with Crippen molar-refractivity contribution in [3.05, 3.63) is 18.7 Å². The van der Waals surface area contributed by atoms with Gasteiger partial charge in [-0.15, -0.1) is 0 Å². The minimum Gasteiger partial charge on any atom is -0.339 e. The van der Waals surface area contributed by atoms with Crippen LogP contribution in [0.5, 0.6) is 0 Å². The number of amides is 1. The van der Waals surface area contributed by atoms with E-state index in [-0.39, 0.29) is 0 Å². The summed E-state index contributed by atoms with van der Waals surface area (Å²) in [5, 5.41) is 0. The van der Waals surface area contributed by atoms with E-state index >= 15 is 0 Å². The van der Waals surface area contributed by atoms with Crippen LogP contribution in [-0.4, -0.2) is 69.0 Å². The lowest BCUT2D eigenvalue weighted by Gasteiger charge is -2.36. The fraction of sp³-hybridized carbons (Fsp3) is 0.778. The van der Waals surface area contributed by atoms with Crippen LogP contribution in [0.4, 0.5) is 0 Å². The van der Waals surface area contributed by atoms with Gasteiger partial charge < -0.3 is 14.4 Å². The van der Waals surface area contributed by atoms with Gasteiger partial charge in [-0.2, -0.15) is 11.8 Å². The van der Waals surface area contributed by atoms with Gasteiger partial charge in [-0.25, -0.2) is 4.98 Å². The summed E-state index contributed by atoms with van der Waals surface area (Å²) < 4.78 is 2.11. The van der Waals surface area contributed by atoms with E-state index in [2.05, 4.69) is 19.4 Å². The molecule has 1 aromatic heterocycles. The molecule has 1 aromatic rings. The van der Waals surface area contributed by atoms with Crippen molar-refractivity contribution < 1.29 is 4.79 Å². The molecule has 0 spiro atoms. The van der Waals surface area contributed by atoms with Crippen LogP contribution in [0.2, 0.25) is 0 Å². The maximum absolute atomic E-state index is 12.6. The second kappa shape index (κ2) is 9.47. The molecular weight excluding hydrogens is 320 g/mol. The number of nitrogens with zero attached hydrogens (tertiary/aromatic N) is 4. The molecule has 3 rings (SSSR count). The third-order valence-electron chi connectivity index (χ3n) is 5.20. The maximum atomic E-state index is 12.6. The first-order valence-electron chi connectivity index (χ1n) is 9.38. The Morgan fingerprint density at radius 1 is 1.12 bits per heavy atom. The summed E-state index contributed by atoms with van der Waals surface area (Å²) in [6.45, 7) is 5.53. The van der Waals surface area contributed by atoms with E-state index in [9.17, 15) is 4.79 Å². The molecule has 1 unspecified atom stereocenters. The van der Waals surface area contributed by atoms with E-state index in [0.717, 1.165) is 44.6 Å². The van der Waals surface area contributed by atoms with E-state index in [1.165, 1.54) is 32.4 Å². The van der Waals surface area contributed by atoms with Gasteiger partial charge in [0.25, 0.3) is 0 Å². The zero-order chi connectivity index (χ0) is 16.6. The van der Waals surface area contributed by atoms with Crippen molar-refractivity contribution in [2.45, 2.75) is 51.1 Å². The number of piperidine rings is 1. The van der Waals surface area contributed by atoms with Crippen LogP contribution in [0.3, 0.4) is 0 Å². The second-order valence-electron chi connectivity index (χ2n) is 6.93. The summed E-state index contributed by atoms with van der Waals surface area (Å²) in [4.78, 5) is 21.4. The van der Waals surface area contributed by atoms with Crippen LogP contribution in [0.1, 0.15) is 38.5 Å². The predicted octanol–water partition coefficient (Wildman–Crippen LogP) is 2.48. The van der Waals surface area contributed by atoms with Gasteiger partial charge in [-0.3, -0.25) is 4.79 Å². The highest BCUT2D eigenvalue weighted by Crippen LogP contribution is 2.21. The summed E-state index contributed by atoms with van der Waals surface area (Å²) in [6.07, 6.45) is 13.0. The monoisotopic (exact) mass is 350 g/mol. The van der Waals surface area contributed by atoms with E-state index in [0.29, 0.717) is 17.7 Å². The summed E-state index contributed by atoms with van der Waals surface area (Å²) in [5.41, 5.74) is 0. The van der Waals surface area contributed by atoms with E-state index in [4.69, 9.17) is 0 Å². The molecule has 0 radical (unpaired) electrons. The molecule has 2 aliphatic rings. The van der Waals surface area contributed by atoms with Crippen molar-refractivity contribution in [2.75, 3.05) is 37.7 Å². The van der Waals surface area contributed by atoms with Crippen molar-refractivity contribution in [2.24, 2.45) is 0 Å². The Bertz CT molecular complexity index is 487. The number of carbonyl (C=O) groups is 1. The summed E-state index contributed by atoms with van der Waals surface area (Å²) in [6, 6.07) is 0.410. The smallest absolute Gasteiger partial charge is 0.232 e. The number of hydrogen-bond acceptors (Lipinski definition) is 4. The normalized spacial score (nSPS) is 22.2. The number of aryl methyl sites for hydroxylation is 1. The number of rotatable bonds is 8. The lowest BCUT2D eigenvalue weighted by atomic mass is 9.99. The van der Waals surface area contributed by atoms with Crippen LogP contribution in [0, 0.1) is 0 Å². The molecule has 2 saturated heterocycles. The number of hydrogen-bond donors (Lipinski definition) is 0. The minimum absolute atomic E-state index is 0.344. The number of likely N-dealkylation sites (tertiary alicyclic amines) is 2. The van der Waals surface area contributed by atoms with Crippen molar-refractivity contribution in [1.82, 2.24) is 19.4 Å². The fourth-order valence-corrected chi connectivity index (χ4v) is 4.66. The van der Waals surface area contributed by atoms with Gasteiger partial charge >= 0.3 is 0 Å². The Hall–Kier alpha value is -1.01.